The highest BCUT2D eigenvalue weighted by atomic mass is 32.2. The van der Waals surface area contributed by atoms with Crippen LogP contribution in [0.5, 0.6) is 0 Å². The van der Waals surface area contributed by atoms with Gasteiger partial charge in [-0.1, -0.05) is 30.0 Å². The Labute approximate surface area is 173 Å². The Morgan fingerprint density at radius 1 is 1.38 bits per heavy atom. The molecule has 29 heavy (non-hydrogen) atoms. The molecule has 8 heteroatoms. The molecular formula is C21H22N4O3S. The summed E-state index contributed by atoms with van der Waals surface area (Å²) in [5.41, 5.74) is 8.01. The third kappa shape index (κ3) is 5.45. The van der Waals surface area contributed by atoms with E-state index in [4.69, 9.17) is 5.73 Å². The number of nitrogens with one attached hydrogen (secondary N) is 1. The van der Waals surface area contributed by atoms with Crippen LogP contribution in [0.3, 0.4) is 0 Å². The van der Waals surface area contributed by atoms with Crippen LogP contribution in [0.1, 0.15) is 25.3 Å². The molecule has 0 saturated carbocycles. The summed E-state index contributed by atoms with van der Waals surface area (Å²) in [6.45, 7) is 2.05. The Bertz CT molecular complexity index is 961. The van der Waals surface area contributed by atoms with Crippen molar-refractivity contribution < 1.29 is 9.72 Å². The molecule has 0 aromatic heterocycles. The second-order valence-corrected chi connectivity index (χ2v) is 8.03. The number of carbonyl (C=O) groups is 1. The number of carbonyl (C=O) groups excluding carboxylic acids is 1. The Kier molecular flexibility index (Phi) is 6.33. The molecule has 150 valence electrons. The van der Waals surface area contributed by atoms with Crippen LogP contribution in [-0.2, 0) is 4.79 Å². The number of allylic oxidation sites excluding steroid dienone is 3. The van der Waals surface area contributed by atoms with Crippen LogP contribution in [0, 0.1) is 10.1 Å². The smallest absolute Gasteiger partial charge is 0.269 e. The van der Waals surface area contributed by atoms with Gasteiger partial charge in [0.1, 0.15) is 0 Å². The number of hydrogen-bond donors (Lipinski definition) is 2. The number of hydrogen-bond acceptors (Lipinski definition) is 6. The first-order valence-corrected chi connectivity index (χ1v) is 10.1. The van der Waals surface area contributed by atoms with Crippen molar-refractivity contribution in [1.29, 1.82) is 0 Å². The van der Waals surface area contributed by atoms with Gasteiger partial charge in [0.2, 0.25) is 5.91 Å². The standard InChI is InChI=1S/C21H22N4O3S/c1-21(12-13-29-20(22)24-21)16-4-2-3-5-17(14-16)23-19(26)11-8-15-6-9-18(10-7-15)25(27)28/h2-4,6-11,14H,5,12-13H2,1H3,(H2,22,24)(H,23,26)/b11-8+. The number of benzene rings is 1. The minimum Gasteiger partial charge on any atom is -0.379 e. The van der Waals surface area contributed by atoms with E-state index in [1.165, 1.54) is 18.2 Å². The van der Waals surface area contributed by atoms with Gasteiger partial charge in [0.05, 0.1) is 10.5 Å². The van der Waals surface area contributed by atoms with Crippen molar-refractivity contribution in [3.63, 3.8) is 0 Å². The maximum absolute atomic E-state index is 12.3. The van der Waals surface area contributed by atoms with Crippen molar-refractivity contribution in [3.05, 3.63) is 81.6 Å². The topological polar surface area (TPSA) is 111 Å². The van der Waals surface area contributed by atoms with Crippen molar-refractivity contribution in [2.75, 3.05) is 5.75 Å². The van der Waals surface area contributed by atoms with Crippen LogP contribution in [-0.4, -0.2) is 27.3 Å². The lowest BCUT2D eigenvalue weighted by Crippen LogP contribution is -2.33. The Morgan fingerprint density at radius 2 is 2.14 bits per heavy atom. The number of amides is 1. The maximum Gasteiger partial charge on any atom is 0.269 e. The third-order valence-electron chi connectivity index (χ3n) is 4.71. The highest BCUT2D eigenvalue weighted by molar-refractivity contribution is 8.13. The first-order chi connectivity index (χ1) is 13.9. The minimum absolute atomic E-state index is 0.0132. The minimum atomic E-state index is -0.458. The molecular weight excluding hydrogens is 388 g/mol. The van der Waals surface area contributed by atoms with Crippen LogP contribution >= 0.6 is 11.8 Å². The third-order valence-corrected chi connectivity index (χ3v) is 5.51. The van der Waals surface area contributed by atoms with Gasteiger partial charge in [-0.3, -0.25) is 19.9 Å². The second kappa shape index (κ2) is 8.91. The summed E-state index contributed by atoms with van der Waals surface area (Å²) < 4.78 is 0. The van der Waals surface area contributed by atoms with Crippen molar-refractivity contribution in [1.82, 2.24) is 5.32 Å². The number of aliphatic imine (C=N–C) groups is 1. The van der Waals surface area contributed by atoms with Crippen LogP contribution in [0.25, 0.3) is 6.08 Å². The molecule has 7 nitrogen and oxygen atoms in total. The fourth-order valence-electron chi connectivity index (χ4n) is 3.06. The monoisotopic (exact) mass is 410 g/mol. The van der Waals surface area contributed by atoms with Crippen LogP contribution in [0.2, 0.25) is 0 Å². The number of nitro groups is 1. The molecule has 3 rings (SSSR count). The first kappa shape index (κ1) is 20.6. The van der Waals surface area contributed by atoms with Gasteiger partial charge in [-0.05, 0) is 48.8 Å². The summed E-state index contributed by atoms with van der Waals surface area (Å²) in [6.07, 6.45) is 12.4. The molecule has 1 aliphatic heterocycles. The lowest BCUT2D eigenvalue weighted by atomic mass is 9.88. The molecule has 2 aliphatic rings. The number of nitrogens with zero attached hydrogens (tertiary/aromatic N) is 2. The molecule has 0 radical (unpaired) electrons. The second-order valence-electron chi connectivity index (χ2n) is 6.92. The van der Waals surface area contributed by atoms with Gasteiger partial charge in [0.15, 0.2) is 5.17 Å². The van der Waals surface area contributed by atoms with Gasteiger partial charge in [-0.25, -0.2) is 0 Å². The van der Waals surface area contributed by atoms with Crippen molar-refractivity contribution >= 4 is 34.6 Å². The Balaban J connectivity index is 1.70. The van der Waals surface area contributed by atoms with Crippen LogP contribution in [0.4, 0.5) is 5.69 Å². The Hall–Kier alpha value is -3.13. The average Bonchev–Trinajstić information content (AvgIpc) is 2.93. The van der Waals surface area contributed by atoms with Crippen LogP contribution in [0.15, 0.2) is 70.9 Å². The predicted molar refractivity (Wildman–Crippen MR) is 117 cm³/mol. The van der Waals surface area contributed by atoms with Crippen molar-refractivity contribution in [3.8, 4) is 0 Å². The van der Waals surface area contributed by atoms with E-state index >= 15 is 0 Å². The number of rotatable bonds is 5. The van der Waals surface area contributed by atoms with Gasteiger partial charge in [-0.2, -0.15) is 0 Å². The lowest BCUT2D eigenvalue weighted by molar-refractivity contribution is -0.384. The lowest BCUT2D eigenvalue weighted by Gasteiger charge is -2.30. The van der Waals surface area contributed by atoms with E-state index in [-0.39, 0.29) is 11.6 Å². The van der Waals surface area contributed by atoms with E-state index < -0.39 is 10.5 Å². The van der Waals surface area contributed by atoms with E-state index in [1.54, 1.807) is 30.0 Å². The van der Waals surface area contributed by atoms with E-state index in [0.717, 1.165) is 23.4 Å². The van der Waals surface area contributed by atoms with Gasteiger partial charge in [-0.15, -0.1) is 0 Å². The molecule has 1 aliphatic carbocycles. The average molecular weight is 410 g/mol. The van der Waals surface area contributed by atoms with E-state index in [1.807, 2.05) is 24.3 Å². The van der Waals surface area contributed by atoms with Gasteiger partial charge in [0.25, 0.3) is 5.69 Å². The van der Waals surface area contributed by atoms with Gasteiger partial charge >= 0.3 is 0 Å². The molecule has 1 amide bonds. The summed E-state index contributed by atoms with van der Waals surface area (Å²) in [7, 11) is 0. The Morgan fingerprint density at radius 3 is 2.83 bits per heavy atom. The highest BCUT2D eigenvalue weighted by Gasteiger charge is 2.30. The molecule has 0 saturated heterocycles. The molecule has 1 aromatic carbocycles. The molecule has 3 N–H and O–H groups in total. The van der Waals surface area contributed by atoms with Crippen molar-refractivity contribution in [2.24, 2.45) is 10.7 Å². The normalized spacial score (nSPS) is 21.8. The number of amidine groups is 1. The summed E-state index contributed by atoms with van der Waals surface area (Å²) in [4.78, 5) is 27.2. The van der Waals surface area contributed by atoms with Gasteiger partial charge < -0.3 is 11.1 Å². The fourth-order valence-corrected chi connectivity index (χ4v) is 4.03. The summed E-state index contributed by atoms with van der Waals surface area (Å²) in [5, 5.41) is 14.2. The quantitative estimate of drug-likeness (QED) is 0.437. The molecule has 0 bridgehead atoms. The van der Waals surface area contributed by atoms with Crippen LogP contribution < -0.4 is 11.1 Å². The summed E-state index contributed by atoms with van der Waals surface area (Å²) in [5.74, 6) is 0.636. The number of thioether (sulfide) groups is 1. The first-order valence-electron chi connectivity index (χ1n) is 9.15. The molecule has 0 fully saturated rings. The van der Waals surface area contributed by atoms with E-state index in [9.17, 15) is 14.9 Å². The molecule has 1 unspecified atom stereocenters. The molecule has 1 aromatic rings. The summed E-state index contributed by atoms with van der Waals surface area (Å²) in [6, 6.07) is 6.01. The SMILES string of the molecule is CC1(C2=CC=CCC(NC(=O)/C=C/c3ccc([N+](=O)[O-])cc3)=C2)CCSC(N)=N1. The number of non-ortho nitro benzene ring substituents is 1. The van der Waals surface area contributed by atoms with E-state index in [0.29, 0.717) is 17.2 Å². The maximum atomic E-state index is 12.3. The molecule has 1 heterocycles. The predicted octanol–water partition coefficient (Wildman–Crippen LogP) is 3.70. The zero-order chi connectivity index (χ0) is 20.9. The number of nitro benzene ring substituents is 1. The molecule has 0 spiro atoms. The number of nitrogens with two attached hydrogens (primary N) is 1. The largest absolute Gasteiger partial charge is 0.379 e. The zero-order valence-electron chi connectivity index (χ0n) is 16.0. The van der Waals surface area contributed by atoms with Gasteiger partial charge in [0, 0.05) is 36.1 Å². The summed E-state index contributed by atoms with van der Waals surface area (Å²) >= 11 is 1.55. The van der Waals surface area contributed by atoms with E-state index in [2.05, 4.69) is 17.2 Å². The zero-order valence-corrected chi connectivity index (χ0v) is 16.8. The highest BCUT2D eigenvalue weighted by Crippen LogP contribution is 2.34. The fraction of sp³-hybridized carbons (Fsp3) is 0.238. The molecule has 1 atom stereocenters. The van der Waals surface area contributed by atoms with Crippen molar-refractivity contribution in [2.45, 2.75) is 25.3 Å².